The number of amides is 2. The van der Waals surface area contributed by atoms with E-state index in [9.17, 15) is 18.0 Å². The van der Waals surface area contributed by atoms with Crippen LogP contribution in [0.15, 0.2) is 29.2 Å². The number of anilines is 1. The summed E-state index contributed by atoms with van der Waals surface area (Å²) in [5, 5.41) is 6.20. The molecule has 5 rings (SSSR count). The molecular formula is C22H31N3O4S. The van der Waals surface area contributed by atoms with Gasteiger partial charge in [-0.15, -0.1) is 0 Å². The molecule has 1 aromatic carbocycles. The van der Waals surface area contributed by atoms with Gasteiger partial charge < -0.3 is 10.6 Å². The first-order valence-corrected chi connectivity index (χ1v) is 12.2. The maximum Gasteiger partial charge on any atom is 0.240 e. The van der Waals surface area contributed by atoms with Crippen LogP contribution < -0.4 is 15.4 Å². The van der Waals surface area contributed by atoms with Crippen molar-refractivity contribution in [1.82, 2.24) is 10.0 Å². The van der Waals surface area contributed by atoms with Crippen LogP contribution in [0.25, 0.3) is 0 Å². The summed E-state index contributed by atoms with van der Waals surface area (Å²) in [6, 6.07) is 6.10. The van der Waals surface area contributed by atoms with Gasteiger partial charge in [-0.3, -0.25) is 9.59 Å². The normalized spacial score (nSPS) is 32.3. The van der Waals surface area contributed by atoms with E-state index in [1.54, 1.807) is 32.9 Å². The lowest BCUT2D eigenvalue weighted by atomic mass is 9.46. The fraction of sp³-hybridized carbons (Fsp3) is 0.636. The van der Waals surface area contributed by atoms with E-state index in [2.05, 4.69) is 15.4 Å². The van der Waals surface area contributed by atoms with Gasteiger partial charge in [0.05, 0.1) is 10.3 Å². The van der Waals surface area contributed by atoms with Gasteiger partial charge in [0.1, 0.15) is 0 Å². The average molecular weight is 434 g/mol. The Hall–Kier alpha value is -1.93. The lowest BCUT2D eigenvalue weighted by molar-refractivity contribution is -0.148. The molecule has 4 saturated carbocycles. The third kappa shape index (κ3) is 3.99. The van der Waals surface area contributed by atoms with Crippen molar-refractivity contribution in [2.45, 2.75) is 75.8 Å². The zero-order chi connectivity index (χ0) is 21.7. The summed E-state index contributed by atoms with van der Waals surface area (Å²) in [6.07, 6.45) is 5.48. The Bertz CT molecular complexity index is 941. The third-order valence-electron chi connectivity index (χ3n) is 6.80. The number of sulfonamides is 1. The third-order valence-corrected chi connectivity index (χ3v) is 8.47. The first kappa shape index (κ1) is 21.3. The van der Waals surface area contributed by atoms with Crippen molar-refractivity contribution in [1.29, 1.82) is 0 Å². The van der Waals surface area contributed by atoms with Crippen molar-refractivity contribution in [3.63, 3.8) is 0 Å². The minimum absolute atomic E-state index is 0.0118. The highest BCUT2D eigenvalue weighted by Crippen LogP contribution is 2.61. The van der Waals surface area contributed by atoms with Crippen LogP contribution in [0.3, 0.4) is 0 Å². The van der Waals surface area contributed by atoms with Crippen molar-refractivity contribution >= 4 is 27.5 Å². The monoisotopic (exact) mass is 433 g/mol. The van der Waals surface area contributed by atoms with Gasteiger partial charge in [-0.25, -0.2) is 13.1 Å². The van der Waals surface area contributed by atoms with Crippen LogP contribution >= 0.6 is 0 Å². The first-order chi connectivity index (χ1) is 14.0. The first-order valence-electron chi connectivity index (χ1n) is 10.7. The van der Waals surface area contributed by atoms with Crippen molar-refractivity contribution in [3.05, 3.63) is 24.3 Å². The second-order valence-electron chi connectivity index (χ2n) is 9.96. The minimum Gasteiger partial charge on any atom is -0.351 e. The van der Waals surface area contributed by atoms with Crippen LogP contribution in [0, 0.1) is 17.3 Å². The van der Waals surface area contributed by atoms with Gasteiger partial charge in [0.2, 0.25) is 21.8 Å². The summed E-state index contributed by atoms with van der Waals surface area (Å²) in [5.41, 5.74) is -0.127. The summed E-state index contributed by atoms with van der Waals surface area (Å²) >= 11 is 0. The van der Waals surface area contributed by atoms with E-state index in [0.29, 0.717) is 23.9 Å². The van der Waals surface area contributed by atoms with E-state index in [1.807, 2.05) is 0 Å². The molecule has 0 heterocycles. The molecule has 7 nitrogen and oxygen atoms in total. The molecule has 2 atom stereocenters. The van der Waals surface area contributed by atoms with Gasteiger partial charge in [0.15, 0.2) is 0 Å². The van der Waals surface area contributed by atoms with Crippen LogP contribution in [0.5, 0.6) is 0 Å². The van der Waals surface area contributed by atoms with Crippen molar-refractivity contribution < 1.29 is 18.0 Å². The van der Waals surface area contributed by atoms with Gasteiger partial charge >= 0.3 is 0 Å². The Labute approximate surface area is 178 Å². The molecule has 4 aliphatic carbocycles. The number of rotatable bonds is 6. The van der Waals surface area contributed by atoms with Gasteiger partial charge in [-0.2, -0.15) is 0 Å². The molecule has 4 bridgehead atoms. The van der Waals surface area contributed by atoms with E-state index in [4.69, 9.17) is 0 Å². The van der Waals surface area contributed by atoms with E-state index in [1.165, 1.54) is 12.1 Å². The minimum atomic E-state index is -3.56. The van der Waals surface area contributed by atoms with E-state index < -0.39 is 15.4 Å². The predicted molar refractivity (Wildman–Crippen MR) is 114 cm³/mol. The Balaban J connectivity index is 1.51. The molecule has 0 radical (unpaired) electrons. The number of hydrogen-bond donors (Lipinski definition) is 3. The highest BCUT2D eigenvalue weighted by Gasteiger charge is 2.60. The second kappa shape index (κ2) is 7.34. The van der Waals surface area contributed by atoms with Crippen LogP contribution in [-0.2, 0) is 19.6 Å². The van der Waals surface area contributed by atoms with Crippen LogP contribution in [-0.4, -0.2) is 31.8 Å². The Morgan fingerprint density at radius 3 is 2.17 bits per heavy atom. The number of nitrogens with one attached hydrogen (secondary N) is 3. The number of carbonyl (C=O) groups is 2. The molecule has 1 aromatic rings. The molecule has 0 aliphatic heterocycles. The largest absolute Gasteiger partial charge is 0.351 e. The quantitative estimate of drug-likeness (QED) is 0.642. The predicted octanol–water partition coefficient (Wildman–Crippen LogP) is 2.79. The van der Waals surface area contributed by atoms with Gasteiger partial charge in [0.25, 0.3) is 0 Å². The van der Waals surface area contributed by atoms with E-state index >= 15 is 0 Å². The number of hydrogen-bond acceptors (Lipinski definition) is 4. The van der Waals surface area contributed by atoms with Gasteiger partial charge in [-0.1, -0.05) is 0 Å². The van der Waals surface area contributed by atoms with Gasteiger partial charge in [-0.05, 0) is 88.5 Å². The Morgan fingerprint density at radius 2 is 1.63 bits per heavy atom. The molecule has 30 heavy (non-hydrogen) atoms. The lowest BCUT2D eigenvalue weighted by Crippen LogP contribution is -2.65. The smallest absolute Gasteiger partial charge is 0.240 e. The summed E-state index contributed by atoms with van der Waals surface area (Å²) < 4.78 is 27.1. The SMILES string of the molecule is CC(=O)NC12C[C@@H]3C[C@@H](C1)CC(C(=O)Nc1ccc(S(=O)(=O)NC(C)C)cc1)(C3)C2. The summed E-state index contributed by atoms with van der Waals surface area (Å²) in [4.78, 5) is 25.3. The number of carbonyl (C=O) groups excluding carboxylic acids is 2. The lowest BCUT2D eigenvalue weighted by Gasteiger charge is -2.61. The maximum absolute atomic E-state index is 13.4. The van der Waals surface area contributed by atoms with Crippen LogP contribution in [0.4, 0.5) is 5.69 Å². The van der Waals surface area contributed by atoms with Crippen LogP contribution in [0.2, 0.25) is 0 Å². The highest BCUT2D eigenvalue weighted by atomic mass is 32.2. The molecule has 0 unspecified atom stereocenters. The topological polar surface area (TPSA) is 104 Å². The summed E-state index contributed by atoms with van der Waals surface area (Å²) in [7, 11) is -3.56. The molecule has 0 spiro atoms. The molecule has 0 saturated heterocycles. The Kier molecular flexibility index (Phi) is 5.21. The molecule has 2 amide bonds. The van der Waals surface area contributed by atoms with Crippen molar-refractivity contribution in [3.8, 4) is 0 Å². The van der Waals surface area contributed by atoms with E-state index in [0.717, 1.165) is 32.1 Å². The fourth-order valence-electron chi connectivity index (χ4n) is 6.41. The van der Waals surface area contributed by atoms with Crippen LogP contribution in [0.1, 0.15) is 59.3 Å². The van der Waals surface area contributed by atoms with E-state index in [-0.39, 0.29) is 28.3 Å². The fourth-order valence-corrected chi connectivity index (χ4v) is 7.66. The standard InChI is InChI=1S/C22H31N3O4S/c1-14(2)25-30(28,29)19-6-4-18(5-7-19)23-20(27)21-9-16-8-17(10-21)12-22(11-16,13-21)24-15(3)26/h4-7,14,16-17,25H,8-13H2,1-3H3,(H,23,27)(H,24,26)/t16-,17-,21?,22?/m1/s1. The molecule has 3 N–H and O–H groups in total. The van der Waals surface area contributed by atoms with Crippen molar-refractivity contribution in [2.24, 2.45) is 17.3 Å². The zero-order valence-electron chi connectivity index (χ0n) is 17.8. The second-order valence-corrected chi connectivity index (χ2v) is 11.7. The highest BCUT2D eigenvalue weighted by molar-refractivity contribution is 7.89. The van der Waals surface area contributed by atoms with Crippen molar-refractivity contribution in [2.75, 3.05) is 5.32 Å². The molecule has 4 aliphatic rings. The molecule has 4 fully saturated rings. The zero-order valence-corrected chi connectivity index (χ0v) is 18.6. The number of benzene rings is 1. The summed E-state index contributed by atoms with van der Waals surface area (Å²) in [5.74, 6) is 0.901. The Morgan fingerprint density at radius 1 is 1.03 bits per heavy atom. The van der Waals surface area contributed by atoms with Gasteiger partial charge in [0, 0.05) is 24.2 Å². The molecular weight excluding hydrogens is 402 g/mol. The molecule has 164 valence electrons. The molecule has 0 aromatic heterocycles. The maximum atomic E-state index is 13.4. The average Bonchev–Trinajstić information content (AvgIpc) is 2.58. The molecule has 8 heteroatoms. The summed E-state index contributed by atoms with van der Waals surface area (Å²) in [6.45, 7) is 5.09.